The number of hydrogen-bond acceptors (Lipinski definition) is 0. The normalized spacial score (nSPS) is 0. The zero-order valence-electron chi connectivity index (χ0n) is 2.76. The number of halogens is 2. The minimum absolute atomic E-state index is 0. The van der Waals surface area contributed by atoms with Crippen molar-refractivity contribution in [2.24, 2.45) is 0 Å². The van der Waals surface area contributed by atoms with E-state index < -0.39 is 0 Å². The Morgan fingerprint density at radius 3 is 0.750 bits per heavy atom. The maximum absolute atomic E-state index is 0. The summed E-state index contributed by atoms with van der Waals surface area (Å²) < 4.78 is 0. The fourth-order valence-electron chi connectivity index (χ4n) is 0. The third kappa shape index (κ3) is 9.83. The fraction of sp³-hybridized carbons (Fsp3) is 0. The molecule has 4 heteroatoms. The zero-order valence-corrected chi connectivity index (χ0v) is 4.76. The van der Waals surface area contributed by atoms with Crippen LogP contribution in [0.1, 0.15) is 0 Å². The molecule has 0 rings (SSSR count). The average molecular weight is 67.9 g/mol. The van der Waals surface area contributed by atoms with Crippen LogP contribution in [0, 0.1) is 0 Å². The van der Waals surface area contributed by atoms with Gasteiger partial charge in [-0.3, -0.25) is 0 Å². The van der Waals surface area contributed by atoms with Gasteiger partial charge in [-0.05, 0) is 0 Å². The van der Waals surface area contributed by atoms with Gasteiger partial charge in [-0.2, -0.15) is 0 Å². The van der Waals surface area contributed by atoms with E-state index in [1.807, 2.05) is 0 Å². The van der Waals surface area contributed by atoms with Crippen molar-refractivity contribution in [2.75, 3.05) is 0 Å². The first-order valence-corrected chi connectivity index (χ1v) is 0. The Bertz CT molecular complexity index is 6.00. The van der Waals surface area contributed by atoms with Crippen LogP contribution in [-0.4, -0.2) is 0 Å². The van der Waals surface area contributed by atoms with Gasteiger partial charge < -0.3 is 9.41 Å². The van der Waals surface area contributed by atoms with E-state index in [2.05, 4.69) is 0 Å². The number of hydrogen-bond donors (Lipinski definition) is 0. The maximum atomic E-state index is 0. The summed E-state index contributed by atoms with van der Waals surface area (Å²) in [7, 11) is 0. The van der Waals surface area contributed by atoms with E-state index in [0.717, 1.165) is 0 Å². The van der Waals surface area contributed by atoms with Gasteiger partial charge in [0.25, 0.3) is 0 Å². The molecule has 0 saturated carbocycles. The molecule has 4 heavy (non-hydrogen) atoms. The Labute approximate surface area is 57.5 Å². The van der Waals surface area contributed by atoms with E-state index in [0.29, 0.717) is 0 Å². The van der Waals surface area contributed by atoms with Gasteiger partial charge in [0.2, 0.25) is 0 Å². The molecule has 0 aliphatic carbocycles. The van der Waals surface area contributed by atoms with E-state index in [1.165, 1.54) is 0 Å². The Balaban J connectivity index is 0. The summed E-state index contributed by atoms with van der Waals surface area (Å²) in [6.45, 7) is 0. The van der Waals surface area contributed by atoms with Crippen molar-refractivity contribution in [1.29, 1.82) is 0 Å². The van der Waals surface area contributed by atoms with Gasteiger partial charge in [-0.15, -0.1) is 0 Å². The molecule has 0 aliphatic rings. The van der Waals surface area contributed by atoms with Crippen LogP contribution in [0.5, 0.6) is 0 Å². The predicted molar refractivity (Wildman–Crippen MR) is 0 cm³/mol. The summed E-state index contributed by atoms with van der Waals surface area (Å²) in [5.41, 5.74) is 0. The van der Waals surface area contributed by atoms with Crippen molar-refractivity contribution < 1.29 is 57.8 Å². The second-order valence-electron chi connectivity index (χ2n) is 0. The molecule has 0 amide bonds. The van der Waals surface area contributed by atoms with Crippen molar-refractivity contribution in [3.8, 4) is 0 Å². The van der Waals surface area contributed by atoms with Crippen molar-refractivity contribution in [3.05, 3.63) is 0 Å². The minimum atomic E-state index is 0. The molecule has 0 N–H and O–H groups in total. The Morgan fingerprint density at radius 1 is 0.750 bits per heavy atom. The molecule has 0 radical (unpaired) electrons. The first-order chi connectivity index (χ1) is 0. The monoisotopic (exact) mass is 68.0 g/mol. The Morgan fingerprint density at radius 2 is 0.750 bits per heavy atom. The SMILES string of the molecule is [F-].[F-].[Li+].[Na+]. The van der Waals surface area contributed by atoms with Crippen molar-refractivity contribution in [2.45, 2.75) is 0 Å². The van der Waals surface area contributed by atoms with E-state index in [-0.39, 0.29) is 57.8 Å². The first kappa shape index (κ1) is 51.0. The quantitative estimate of drug-likeness (QED) is 0.247. The van der Waals surface area contributed by atoms with Gasteiger partial charge >= 0.3 is 48.4 Å². The fourth-order valence-corrected chi connectivity index (χ4v) is 0. The van der Waals surface area contributed by atoms with E-state index in [4.69, 9.17) is 0 Å². The minimum Gasteiger partial charge on any atom is -1.00 e. The summed E-state index contributed by atoms with van der Waals surface area (Å²) in [5, 5.41) is 0. The second kappa shape index (κ2) is 25.1. The van der Waals surface area contributed by atoms with Crippen LogP contribution in [0.15, 0.2) is 0 Å². The molecule has 0 spiro atoms. The standard InChI is InChI=1S/2FH.Li.Na/h2*1H;;/q;;2*+1/p-2. The predicted octanol–water partition coefficient (Wildman–Crippen LogP) is -12.0. The molecule has 0 unspecified atom stereocenters. The average Bonchev–Trinajstić information content (AvgIpc) is 0. The third-order valence-corrected chi connectivity index (χ3v) is 0. The molecule has 0 aromatic rings. The number of rotatable bonds is 0. The van der Waals surface area contributed by atoms with Gasteiger partial charge in [-0.1, -0.05) is 0 Å². The van der Waals surface area contributed by atoms with Crippen LogP contribution >= 0.6 is 0 Å². The molecule has 0 nitrogen and oxygen atoms in total. The first-order valence-electron chi connectivity index (χ1n) is 0. The van der Waals surface area contributed by atoms with E-state index in [1.54, 1.807) is 0 Å². The van der Waals surface area contributed by atoms with Gasteiger partial charge in [-0.25, -0.2) is 0 Å². The molecular weight excluding hydrogens is 67.9 g/mol. The van der Waals surface area contributed by atoms with Gasteiger partial charge in [0, 0.05) is 0 Å². The van der Waals surface area contributed by atoms with Gasteiger partial charge in [0.05, 0.1) is 0 Å². The van der Waals surface area contributed by atoms with Crippen LogP contribution in [-0.2, 0) is 0 Å². The molecular formula is F2LiNa. The summed E-state index contributed by atoms with van der Waals surface area (Å²) in [5.74, 6) is 0. The van der Waals surface area contributed by atoms with E-state index in [9.17, 15) is 0 Å². The van der Waals surface area contributed by atoms with Crippen LogP contribution in [0.25, 0.3) is 0 Å². The Hall–Kier alpha value is 1.46. The zero-order chi connectivity index (χ0) is 0. The van der Waals surface area contributed by atoms with Crippen molar-refractivity contribution in [1.82, 2.24) is 0 Å². The summed E-state index contributed by atoms with van der Waals surface area (Å²) in [6.07, 6.45) is 0. The smallest absolute Gasteiger partial charge is 1.00 e. The molecule has 0 saturated heterocycles. The molecule has 0 atom stereocenters. The molecule has 0 aliphatic heterocycles. The molecule has 0 fully saturated rings. The second-order valence-corrected chi connectivity index (χ2v) is 0. The van der Waals surface area contributed by atoms with Crippen LogP contribution in [0.3, 0.4) is 0 Å². The summed E-state index contributed by atoms with van der Waals surface area (Å²) in [6, 6.07) is 0. The third-order valence-electron chi connectivity index (χ3n) is 0. The van der Waals surface area contributed by atoms with Crippen molar-refractivity contribution >= 4 is 0 Å². The maximum Gasteiger partial charge on any atom is 1.00 e. The Kier molecular flexibility index (Phi) is 320. The van der Waals surface area contributed by atoms with Crippen LogP contribution in [0.4, 0.5) is 0 Å². The van der Waals surface area contributed by atoms with E-state index >= 15 is 0 Å². The molecule has 0 aromatic heterocycles. The van der Waals surface area contributed by atoms with Crippen LogP contribution < -0.4 is 57.8 Å². The van der Waals surface area contributed by atoms with Gasteiger partial charge in [0.15, 0.2) is 0 Å². The molecule has 16 valence electrons. The largest absolute Gasteiger partial charge is 1.00 e. The molecule has 0 bridgehead atoms. The summed E-state index contributed by atoms with van der Waals surface area (Å²) in [4.78, 5) is 0. The topological polar surface area (TPSA) is 0 Å². The van der Waals surface area contributed by atoms with Gasteiger partial charge in [0.1, 0.15) is 0 Å². The summed E-state index contributed by atoms with van der Waals surface area (Å²) >= 11 is 0. The molecule has 0 aromatic carbocycles. The van der Waals surface area contributed by atoms with Crippen LogP contribution in [0.2, 0.25) is 0 Å². The van der Waals surface area contributed by atoms with Crippen molar-refractivity contribution in [3.63, 3.8) is 0 Å². The molecule has 0 heterocycles.